The van der Waals surface area contributed by atoms with E-state index in [1.807, 2.05) is 25.1 Å². The van der Waals surface area contributed by atoms with Gasteiger partial charge in [-0.3, -0.25) is 10.6 Å². The molecule has 1 aromatic carbocycles. The maximum atomic E-state index is 12.2. The molecule has 4 heteroatoms. The van der Waals surface area contributed by atoms with E-state index in [2.05, 4.69) is 17.7 Å². The molecule has 1 saturated carbocycles. The summed E-state index contributed by atoms with van der Waals surface area (Å²) in [4.78, 5) is 12.2. The number of carbonyl (C=O) groups excluding carboxylic acids is 1. The van der Waals surface area contributed by atoms with Gasteiger partial charge in [0.25, 0.3) is 5.91 Å². The molecule has 0 heterocycles. The van der Waals surface area contributed by atoms with Crippen LogP contribution in [0, 0.1) is 12.3 Å². The average molecular weight is 261 g/mol. The summed E-state index contributed by atoms with van der Waals surface area (Å²) in [6.07, 6.45) is 4.98. The third-order valence-electron chi connectivity index (χ3n) is 4.12. The number of nitrogens with two attached hydrogens (primary N) is 1. The van der Waals surface area contributed by atoms with E-state index in [4.69, 9.17) is 5.84 Å². The molecule has 1 amide bonds. The first-order valence-electron chi connectivity index (χ1n) is 6.90. The fourth-order valence-corrected chi connectivity index (χ4v) is 2.80. The van der Waals surface area contributed by atoms with Gasteiger partial charge < -0.3 is 10.7 Å². The lowest BCUT2D eigenvalue weighted by Gasteiger charge is -2.23. The standard InChI is InChI=1S/C15H23N3O/c1-11-9-12(18-16)5-6-13(11)14(19)17-10-15(2)7-3-4-8-15/h5-6,9,18H,3-4,7-8,10,16H2,1-2H3,(H,17,19). The molecule has 104 valence electrons. The number of amides is 1. The number of rotatable bonds is 4. The van der Waals surface area contributed by atoms with E-state index in [0.29, 0.717) is 0 Å². The first-order valence-corrected chi connectivity index (χ1v) is 6.90. The van der Waals surface area contributed by atoms with Gasteiger partial charge in [0.2, 0.25) is 0 Å². The minimum Gasteiger partial charge on any atom is -0.351 e. The first-order chi connectivity index (χ1) is 9.04. The van der Waals surface area contributed by atoms with Crippen LogP contribution < -0.4 is 16.6 Å². The number of aryl methyl sites for hydroxylation is 1. The van der Waals surface area contributed by atoms with E-state index in [-0.39, 0.29) is 11.3 Å². The molecule has 1 fully saturated rings. The second kappa shape index (κ2) is 5.61. The molecule has 1 aliphatic rings. The molecular weight excluding hydrogens is 238 g/mol. The van der Waals surface area contributed by atoms with Crippen molar-refractivity contribution in [3.63, 3.8) is 0 Å². The molecule has 0 saturated heterocycles. The van der Waals surface area contributed by atoms with Gasteiger partial charge in [-0.2, -0.15) is 0 Å². The fraction of sp³-hybridized carbons (Fsp3) is 0.533. The predicted octanol–water partition coefficient (Wildman–Crippen LogP) is 2.59. The van der Waals surface area contributed by atoms with Crippen LogP contribution in [0.3, 0.4) is 0 Å². The van der Waals surface area contributed by atoms with Gasteiger partial charge in [-0.05, 0) is 48.9 Å². The Bertz CT molecular complexity index is 464. The molecule has 1 aromatic rings. The Morgan fingerprint density at radius 2 is 2.05 bits per heavy atom. The molecule has 4 N–H and O–H groups in total. The lowest BCUT2D eigenvalue weighted by atomic mass is 9.89. The van der Waals surface area contributed by atoms with Crippen molar-refractivity contribution in [3.05, 3.63) is 29.3 Å². The summed E-state index contributed by atoms with van der Waals surface area (Å²) < 4.78 is 0. The third kappa shape index (κ3) is 3.26. The third-order valence-corrected chi connectivity index (χ3v) is 4.12. The van der Waals surface area contributed by atoms with Crippen LogP contribution in [0.15, 0.2) is 18.2 Å². The molecule has 4 nitrogen and oxygen atoms in total. The largest absolute Gasteiger partial charge is 0.351 e. The molecule has 0 aromatic heterocycles. The summed E-state index contributed by atoms with van der Waals surface area (Å²) in [5.74, 6) is 5.36. The van der Waals surface area contributed by atoms with Crippen LogP contribution in [-0.4, -0.2) is 12.5 Å². The van der Waals surface area contributed by atoms with Gasteiger partial charge >= 0.3 is 0 Å². The lowest BCUT2D eigenvalue weighted by Crippen LogP contribution is -2.34. The van der Waals surface area contributed by atoms with Crippen LogP contribution in [0.5, 0.6) is 0 Å². The Morgan fingerprint density at radius 3 is 2.63 bits per heavy atom. The van der Waals surface area contributed by atoms with Gasteiger partial charge in [-0.1, -0.05) is 19.8 Å². The number of nitrogen functional groups attached to an aromatic ring is 1. The van der Waals surface area contributed by atoms with E-state index in [0.717, 1.165) is 23.4 Å². The highest BCUT2D eigenvalue weighted by molar-refractivity contribution is 5.96. The first kappa shape index (κ1) is 13.9. The van der Waals surface area contributed by atoms with Crippen LogP contribution in [-0.2, 0) is 0 Å². The molecule has 0 aliphatic heterocycles. The number of carbonyl (C=O) groups is 1. The number of hydrogen-bond donors (Lipinski definition) is 3. The van der Waals surface area contributed by atoms with Gasteiger partial charge in [0.05, 0.1) is 0 Å². The number of hydrogen-bond acceptors (Lipinski definition) is 3. The van der Waals surface area contributed by atoms with Gasteiger partial charge in [0.1, 0.15) is 0 Å². The summed E-state index contributed by atoms with van der Waals surface area (Å²) in [5.41, 5.74) is 5.34. The van der Waals surface area contributed by atoms with Crippen molar-refractivity contribution in [3.8, 4) is 0 Å². The zero-order valence-corrected chi connectivity index (χ0v) is 11.8. The van der Waals surface area contributed by atoms with Gasteiger partial charge in [0, 0.05) is 17.8 Å². The fourth-order valence-electron chi connectivity index (χ4n) is 2.80. The summed E-state index contributed by atoms with van der Waals surface area (Å²) in [6.45, 7) is 4.95. The highest BCUT2D eigenvalue weighted by Gasteiger charge is 2.29. The van der Waals surface area contributed by atoms with Gasteiger partial charge in [-0.15, -0.1) is 0 Å². The number of nitrogens with one attached hydrogen (secondary N) is 2. The van der Waals surface area contributed by atoms with E-state index in [1.165, 1.54) is 25.7 Å². The number of hydrazine groups is 1. The maximum absolute atomic E-state index is 12.2. The minimum atomic E-state index is 0.00852. The minimum absolute atomic E-state index is 0.00852. The SMILES string of the molecule is Cc1cc(NN)ccc1C(=O)NCC1(C)CCCC1. The quantitative estimate of drug-likeness (QED) is 0.576. The molecule has 0 unspecified atom stereocenters. The summed E-state index contributed by atoms with van der Waals surface area (Å²) >= 11 is 0. The van der Waals surface area contributed by atoms with Gasteiger partial charge in [0.15, 0.2) is 0 Å². The Balaban J connectivity index is 2.00. The predicted molar refractivity (Wildman–Crippen MR) is 77.9 cm³/mol. The average Bonchev–Trinajstić information content (AvgIpc) is 2.83. The van der Waals surface area contributed by atoms with Crippen LogP contribution in [0.4, 0.5) is 5.69 Å². The molecule has 1 aliphatic carbocycles. The molecule has 0 atom stereocenters. The van der Waals surface area contributed by atoms with Crippen LogP contribution in [0.1, 0.15) is 48.5 Å². The highest BCUT2D eigenvalue weighted by Crippen LogP contribution is 2.36. The Morgan fingerprint density at radius 1 is 1.37 bits per heavy atom. The van der Waals surface area contributed by atoms with Crippen molar-refractivity contribution in [1.29, 1.82) is 0 Å². The zero-order valence-electron chi connectivity index (χ0n) is 11.8. The number of benzene rings is 1. The number of anilines is 1. The summed E-state index contributed by atoms with van der Waals surface area (Å²) in [6, 6.07) is 5.52. The molecule has 0 bridgehead atoms. The Kier molecular flexibility index (Phi) is 4.10. The Hall–Kier alpha value is -1.55. The van der Waals surface area contributed by atoms with Crippen LogP contribution in [0.2, 0.25) is 0 Å². The van der Waals surface area contributed by atoms with Gasteiger partial charge in [-0.25, -0.2) is 0 Å². The van der Waals surface area contributed by atoms with E-state index >= 15 is 0 Å². The maximum Gasteiger partial charge on any atom is 0.251 e. The van der Waals surface area contributed by atoms with Crippen molar-refractivity contribution in [1.82, 2.24) is 5.32 Å². The molecule has 2 rings (SSSR count). The smallest absolute Gasteiger partial charge is 0.251 e. The van der Waals surface area contributed by atoms with Crippen molar-refractivity contribution >= 4 is 11.6 Å². The van der Waals surface area contributed by atoms with Crippen LogP contribution in [0.25, 0.3) is 0 Å². The van der Waals surface area contributed by atoms with Crippen molar-refractivity contribution < 1.29 is 4.79 Å². The van der Waals surface area contributed by atoms with E-state index in [1.54, 1.807) is 0 Å². The summed E-state index contributed by atoms with van der Waals surface area (Å²) in [7, 11) is 0. The molecule has 0 radical (unpaired) electrons. The monoisotopic (exact) mass is 261 g/mol. The van der Waals surface area contributed by atoms with Crippen molar-refractivity contribution in [2.24, 2.45) is 11.3 Å². The summed E-state index contributed by atoms with van der Waals surface area (Å²) in [5, 5.41) is 3.07. The molecule has 0 spiro atoms. The van der Waals surface area contributed by atoms with E-state index < -0.39 is 0 Å². The lowest BCUT2D eigenvalue weighted by molar-refractivity contribution is 0.0933. The zero-order chi connectivity index (χ0) is 13.9. The Labute approximate surface area is 114 Å². The highest BCUT2D eigenvalue weighted by atomic mass is 16.1. The second-order valence-electron chi connectivity index (χ2n) is 5.87. The molecular formula is C15H23N3O. The van der Waals surface area contributed by atoms with Crippen molar-refractivity contribution in [2.75, 3.05) is 12.0 Å². The normalized spacial score (nSPS) is 17.2. The van der Waals surface area contributed by atoms with Crippen LogP contribution >= 0.6 is 0 Å². The molecule has 19 heavy (non-hydrogen) atoms. The topological polar surface area (TPSA) is 67.1 Å². The second-order valence-corrected chi connectivity index (χ2v) is 5.87. The van der Waals surface area contributed by atoms with E-state index in [9.17, 15) is 4.79 Å². The van der Waals surface area contributed by atoms with Crippen molar-refractivity contribution in [2.45, 2.75) is 39.5 Å².